The molecule has 0 radical (unpaired) electrons. The summed E-state index contributed by atoms with van der Waals surface area (Å²) < 4.78 is 0. The van der Waals surface area contributed by atoms with E-state index in [2.05, 4.69) is 9.99 Å². The number of hydrogen-bond acceptors (Lipinski definition) is 4. The molecule has 0 spiro atoms. The van der Waals surface area contributed by atoms with Crippen LogP contribution in [-0.2, 0) is 14.4 Å². The number of carboxylic acid groups (broad SMARTS) is 1. The largest absolute Gasteiger partial charge is 0.477 e. The molecule has 5 heteroatoms. The zero-order chi connectivity index (χ0) is 13.5. The van der Waals surface area contributed by atoms with Gasteiger partial charge in [-0.05, 0) is 25.5 Å². The van der Waals surface area contributed by atoms with Gasteiger partial charge in [0.05, 0.1) is 0 Å². The fourth-order valence-electron chi connectivity index (χ4n) is 1.12. The van der Waals surface area contributed by atoms with Crippen LogP contribution in [0.15, 0.2) is 35.5 Å². The third kappa shape index (κ3) is 4.61. The van der Waals surface area contributed by atoms with E-state index in [0.717, 1.165) is 11.1 Å². The number of nitrogens with zero attached hydrogens (tertiary/aromatic N) is 1. The molecule has 0 unspecified atom stereocenters. The molecule has 1 aromatic rings. The van der Waals surface area contributed by atoms with E-state index in [1.807, 2.05) is 31.2 Å². The monoisotopic (exact) mass is 247 g/mol. The van der Waals surface area contributed by atoms with E-state index >= 15 is 0 Å². The van der Waals surface area contributed by atoms with Crippen molar-refractivity contribution in [3.8, 4) is 0 Å². The molecule has 0 saturated heterocycles. The molecular weight excluding hydrogens is 234 g/mol. The number of carbonyl (C=O) groups is 2. The molecular formula is C13H13NO4. The molecule has 0 heterocycles. The van der Waals surface area contributed by atoms with Crippen LogP contribution >= 0.6 is 0 Å². The van der Waals surface area contributed by atoms with Crippen LogP contribution in [0.4, 0.5) is 0 Å². The molecule has 18 heavy (non-hydrogen) atoms. The lowest BCUT2D eigenvalue weighted by Gasteiger charge is -1.95. The number of oxime groups is 1. The summed E-state index contributed by atoms with van der Waals surface area (Å²) >= 11 is 0. The Morgan fingerprint density at radius 1 is 1.39 bits per heavy atom. The molecule has 0 bridgehead atoms. The first-order valence-electron chi connectivity index (χ1n) is 5.22. The molecule has 0 aliphatic heterocycles. The molecule has 0 aliphatic carbocycles. The Labute approximate surface area is 104 Å². The summed E-state index contributed by atoms with van der Waals surface area (Å²) in [5, 5.41) is 11.7. The Hall–Kier alpha value is -2.43. The molecule has 0 aromatic heterocycles. The van der Waals surface area contributed by atoms with E-state index in [1.165, 1.54) is 13.0 Å². The van der Waals surface area contributed by atoms with Gasteiger partial charge in [0.2, 0.25) is 0 Å². The lowest BCUT2D eigenvalue weighted by Crippen LogP contribution is -2.09. The highest BCUT2D eigenvalue weighted by Gasteiger charge is 2.03. The third-order valence-electron chi connectivity index (χ3n) is 2.04. The molecule has 0 saturated carbocycles. The lowest BCUT2D eigenvalue weighted by molar-refractivity contribution is -0.137. The number of carbonyl (C=O) groups excluding carboxylic acids is 1. The van der Waals surface area contributed by atoms with Gasteiger partial charge in [0.15, 0.2) is 5.71 Å². The normalized spacial score (nSPS) is 11.6. The minimum atomic E-state index is -1.23. The van der Waals surface area contributed by atoms with Crippen molar-refractivity contribution in [1.29, 1.82) is 0 Å². The molecule has 94 valence electrons. The van der Waals surface area contributed by atoms with Crippen molar-refractivity contribution >= 4 is 23.7 Å². The van der Waals surface area contributed by atoms with Gasteiger partial charge < -0.3 is 9.94 Å². The maximum atomic E-state index is 11.2. The van der Waals surface area contributed by atoms with Crippen LogP contribution in [0.5, 0.6) is 0 Å². The van der Waals surface area contributed by atoms with Crippen LogP contribution in [0.25, 0.3) is 6.08 Å². The van der Waals surface area contributed by atoms with Crippen molar-refractivity contribution in [2.75, 3.05) is 0 Å². The maximum Gasteiger partial charge on any atom is 0.358 e. The summed E-state index contributed by atoms with van der Waals surface area (Å²) in [6, 6.07) is 7.54. The molecule has 0 atom stereocenters. The molecule has 0 amide bonds. The minimum Gasteiger partial charge on any atom is -0.477 e. The summed E-state index contributed by atoms with van der Waals surface area (Å²) in [6.45, 7) is 3.18. The van der Waals surface area contributed by atoms with E-state index in [1.54, 1.807) is 6.08 Å². The van der Waals surface area contributed by atoms with Gasteiger partial charge in [-0.25, -0.2) is 9.59 Å². The number of aryl methyl sites for hydroxylation is 1. The van der Waals surface area contributed by atoms with Crippen molar-refractivity contribution in [1.82, 2.24) is 0 Å². The van der Waals surface area contributed by atoms with E-state index in [9.17, 15) is 9.59 Å². The van der Waals surface area contributed by atoms with Crippen molar-refractivity contribution in [2.45, 2.75) is 13.8 Å². The summed E-state index contributed by atoms with van der Waals surface area (Å²) in [5.41, 5.74) is 1.64. The van der Waals surface area contributed by atoms with Crippen LogP contribution in [0.1, 0.15) is 18.1 Å². The number of benzene rings is 1. The van der Waals surface area contributed by atoms with Crippen LogP contribution in [0, 0.1) is 6.92 Å². The highest BCUT2D eigenvalue weighted by molar-refractivity contribution is 6.34. The Morgan fingerprint density at radius 2 is 2.11 bits per heavy atom. The average Bonchev–Trinajstić information content (AvgIpc) is 2.33. The Kier molecular flexibility index (Phi) is 4.80. The van der Waals surface area contributed by atoms with Crippen molar-refractivity contribution in [2.24, 2.45) is 5.16 Å². The topological polar surface area (TPSA) is 76.0 Å². The molecule has 5 nitrogen and oxygen atoms in total. The first kappa shape index (κ1) is 13.6. The van der Waals surface area contributed by atoms with Crippen molar-refractivity contribution in [3.63, 3.8) is 0 Å². The molecule has 1 aromatic carbocycles. The zero-order valence-corrected chi connectivity index (χ0v) is 10.1. The molecule has 1 rings (SSSR count). The third-order valence-corrected chi connectivity index (χ3v) is 2.04. The van der Waals surface area contributed by atoms with Crippen LogP contribution in [0.3, 0.4) is 0 Å². The van der Waals surface area contributed by atoms with Crippen LogP contribution in [-0.4, -0.2) is 22.8 Å². The Balaban J connectivity index is 2.60. The second-order valence-corrected chi connectivity index (χ2v) is 3.64. The van der Waals surface area contributed by atoms with Gasteiger partial charge >= 0.3 is 11.9 Å². The van der Waals surface area contributed by atoms with E-state index in [0.29, 0.717) is 0 Å². The molecule has 0 aliphatic rings. The number of carboxylic acids is 1. The van der Waals surface area contributed by atoms with E-state index in [-0.39, 0.29) is 5.71 Å². The maximum absolute atomic E-state index is 11.2. The summed E-state index contributed by atoms with van der Waals surface area (Å²) in [7, 11) is 0. The second-order valence-electron chi connectivity index (χ2n) is 3.64. The van der Waals surface area contributed by atoms with Gasteiger partial charge in [-0.3, -0.25) is 0 Å². The average molecular weight is 247 g/mol. The highest BCUT2D eigenvalue weighted by atomic mass is 16.7. The van der Waals surface area contributed by atoms with Gasteiger partial charge in [0.1, 0.15) is 0 Å². The minimum absolute atomic E-state index is 0.285. The van der Waals surface area contributed by atoms with Crippen molar-refractivity contribution < 1.29 is 19.5 Å². The Bertz CT molecular complexity index is 517. The summed E-state index contributed by atoms with van der Waals surface area (Å²) in [6.07, 6.45) is 2.76. The first-order chi connectivity index (χ1) is 8.49. The van der Waals surface area contributed by atoms with Crippen LogP contribution in [0.2, 0.25) is 0 Å². The lowest BCUT2D eigenvalue weighted by atomic mass is 10.1. The van der Waals surface area contributed by atoms with E-state index in [4.69, 9.17) is 5.11 Å². The first-order valence-corrected chi connectivity index (χ1v) is 5.22. The van der Waals surface area contributed by atoms with Gasteiger partial charge in [0, 0.05) is 6.08 Å². The smallest absolute Gasteiger partial charge is 0.358 e. The predicted octanol–water partition coefficient (Wildman–Crippen LogP) is 2.01. The van der Waals surface area contributed by atoms with Gasteiger partial charge in [-0.2, -0.15) is 0 Å². The number of aliphatic carboxylic acids is 1. The second kappa shape index (κ2) is 6.34. The molecule has 1 N–H and O–H groups in total. The molecule has 0 fully saturated rings. The Morgan fingerprint density at radius 3 is 2.72 bits per heavy atom. The summed E-state index contributed by atoms with van der Waals surface area (Å²) in [5.74, 6) is -1.96. The number of hydrogen-bond donors (Lipinski definition) is 1. The highest BCUT2D eigenvalue weighted by Crippen LogP contribution is 2.05. The predicted molar refractivity (Wildman–Crippen MR) is 67.0 cm³/mol. The fraction of sp³-hybridized carbons (Fsp3) is 0.154. The quantitative estimate of drug-likeness (QED) is 0.382. The van der Waals surface area contributed by atoms with Crippen molar-refractivity contribution in [3.05, 3.63) is 41.5 Å². The standard InChI is InChI=1S/C13H13NO4/c1-9-4-3-5-11(8-9)6-7-12(15)18-14-10(2)13(16)17/h3-8H,1-2H3,(H,16,17). The summed E-state index contributed by atoms with van der Waals surface area (Å²) in [4.78, 5) is 26.0. The zero-order valence-electron chi connectivity index (χ0n) is 10.1. The number of rotatable bonds is 4. The SMILES string of the molecule is CC(=NOC(=O)C=Cc1cccc(C)c1)C(=O)O. The van der Waals surface area contributed by atoms with E-state index < -0.39 is 11.9 Å². The van der Waals surface area contributed by atoms with Gasteiger partial charge in [-0.15, -0.1) is 0 Å². The van der Waals surface area contributed by atoms with Gasteiger partial charge in [-0.1, -0.05) is 35.0 Å². The fourth-order valence-corrected chi connectivity index (χ4v) is 1.12. The van der Waals surface area contributed by atoms with Crippen LogP contribution < -0.4 is 0 Å². The van der Waals surface area contributed by atoms with Gasteiger partial charge in [0.25, 0.3) is 0 Å².